The molecule has 17 heavy (non-hydrogen) atoms. The van der Waals surface area contributed by atoms with E-state index < -0.39 is 6.04 Å². The van der Waals surface area contributed by atoms with Crippen molar-refractivity contribution in [3.63, 3.8) is 0 Å². The first-order chi connectivity index (χ1) is 8.19. The monoisotopic (exact) mass is 238 g/mol. The fraction of sp³-hybridized carbons (Fsp3) is 0.769. The highest BCUT2D eigenvalue weighted by Crippen LogP contribution is 2.28. The number of amides is 1. The number of terminal acetylenes is 1. The quantitative estimate of drug-likeness (QED) is 0.601. The molecule has 0 aromatic carbocycles. The Morgan fingerprint density at radius 1 is 1.47 bits per heavy atom. The van der Waals surface area contributed by atoms with E-state index in [1.54, 1.807) is 0 Å². The molecule has 1 saturated carbocycles. The highest BCUT2D eigenvalue weighted by molar-refractivity contribution is 5.81. The van der Waals surface area contributed by atoms with Gasteiger partial charge in [0.15, 0.2) is 0 Å². The van der Waals surface area contributed by atoms with Crippen molar-refractivity contribution in [2.45, 2.75) is 38.1 Å². The van der Waals surface area contributed by atoms with Gasteiger partial charge in [-0.25, -0.2) is 0 Å². The van der Waals surface area contributed by atoms with Gasteiger partial charge in [-0.05, 0) is 24.7 Å². The molecule has 0 bridgehead atoms. The van der Waals surface area contributed by atoms with Gasteiger partial charge in [0.2, 0.25) is 5.91 Å². The van der Waals surface area contributed by atoms with Crippen molar-refractivity contribution >= 4 is 5.91 Å². The van der Waals surface area contributed by atoms with Crippen LogP contribution >= 0.6 is 0 Å². The summed E-state index contributed by atoms with van der Waals surface area (Å²) < 4.78 is 0. The summed E-state index contributed by atoms with van der Waals surface area (Å²) in [6, 6.07) is -0.615. The molecule has 1 aliphatic rings. The molecule has 4 heteroatoms. The topological polar surface area (TPSA) is 75.4 Å². The van der Waals surface area contributed by atoms with Gasteiger partial charge in [-0.1, -0.05) is 12.8 Å². The smallest absolute Gasteiger partial charge is 0.237 e. The standard InChI is InChI=1S/C13H22N2O2/c1-2-5-12(14)13(17)15-8-10-6-3-4-7-11(10)9-16/h1,10-12,16H,3-9,14H2,(H,15,17). The van der Waals surface area contributed by atoms with Crippen LogP contribution in [0.2, 0.25) is 0 Å². The van der Waals surface area contributed by atoms with Gasteiger partial charge in [-0.3, -0.25) is 4.79 Å². The first-order valence-electron chi connectivity index (χ1n) is 6.26. The Balaban J connectivity index is 2.33. The Bertz CT molecular complexity index is 286. The third kappa shape index (κ3) is 4.37. The Labute approximate surface area is 103 Å². The number of aliphatic hydroxyl groups excluding tert-OH is 1. The molecular formula is C13H22N2O2. The summed E-state index contributed by atoms with van der Waals surface area (Å²) in [5.41, 5.74) is 5.61. The van der Waals surface area contributed by atoms with Gasteiger partial charge >= 0.3 is 0 Å². The lowest BCUT2D eigenvalue weighted by molar-refractivity contribution is -0.122. The number of rotatable bonds is 5. The molecule has 4 nitrogen and oxygen atoms in total. The third-order valence-electron chi connectivity index (χ3n) is 3.51. The lowest BCUT2D eigenvalue weighted by Gasteiger charge is -2.30. The van der Waals surface area contributed by atoms with Gasteiger partial charge in [0.05, 0.1) is 6.04 Å². The number of aliphatic hydroxyl groups is 1. The second-order valence-electron chi connectivity index (χ2n) is 4.75. The molecule has 0 heterocycles. The maximum atomic E-state index is 11.6. The molecule has 1 aliphatic carbocycles. The Morgan fingerprint density at radius 2 is 2.12 bits per heavy atom. The van der Waals surface area contributed by atoms with Gasteiger partial charge in [-0.15, -0.1) is 12.3 Å². The van der Waals surface area contributed by atoms with Crippen LogP contribution in [0.15, 0.2) is 0 Å². The minimum Gasteiger partial charge on any atom is -0.396 e. The third-order valence-corrected chi connectivity index (χ3v) is 3.51. The van der Waals surface area contributed by atoms with E-state index in [0.29, 0.717) is 18.4 Å². The molecule has 0 aliphatic heterocycles. The number of nitrogens with two attached hydrogens (primary N) is 1. The van der Waals surface area contributed by atoms with Gasteiger partial charge < -0.3 is 16.2 Å². The SMILES string of the molecule is C#CCC(N)C(=O)NCC1CCCCC1CO. The fourth-order valence-corrected chi connectivity index (χ4v) is 2.38. The number of carbonyl (C=O) groups excluding carboxylic acids is 1. The molecule has 1 rings (SSSR count). The van der Waals surface area contributed by atoms with Crippen molar-refractivity contribution in [3.05, 3.63) is 0 Å². The predicted octanol–water partition coefficient (Wildman–Crippen LogP) is 0.252. The molecule has 3 unspecified atom stereocenters. The summed E-state index contributed by atoms with van der Waals surface area (Å²) in [6.45, 7) is 0.805. The van der Waals surface area contributed by atoms with Crippen molar-refractivity contribution in [1.29, 1.82) is 0 Å². The van der Waals surface area contributed by atoms with Crippen LogP contribution in [0.5, 0.6) is 0 Å². The van der Waals surface area contributed by atoms with Crippen molar-refractivity contribution in [2.24, 2.45) is 17.6 Å². The van der Waals surface area contributed by atoms with Gasteiger partial charge in [0, 0.05) is 19.6 Å². The van der Waals surface area contributed by atoms with Gasteiger partial charge in [-0.2, -0.15) is 0 Å². The van der Waals surface area contributed by atoms with Crippen molar-refractivity contribution < 1.29 is 9.90 Å². The number of hydrogen-bond donors (Lipinski definition) is 3. The van der Waals surface area contributed by atoms with Crippen molar-refractivity contribution in [3.8, 4) is 12.3 Å². The van der Waals surface area contributed by atoms with E-state index >= 15 is 0 Å². The minimum absolute atomic E-state index is 0.190. The van der Waals surface area contributed by atoms with E-state index in [1.807, 2.05) is 0 Å². The molecule has 96 valence electrons. The fourth-order valence-electron chi connectivity index (χ4n) is 2.38. The van der Waals surface area contributed by atoms with Crippen LogP contribution < -0.4 is 11.1 Å². The van der Waals surface area contributed by atoms with E-state index in [2.05, 4.69) is 11.2 Å². The Hall–Kier alpha value is -1.05. The molecule has 4 N–H and O–H groups in total. The lowest BCUT2D eigenvalue weighted by Crippen LogP contribution is -2.43. The van der Waals surface area contributed by atoms with Crippen LogP contribution in [-0.4, -0.2) is 30.2 Å². The van der Waals surface area contributed by atoms with E-state index in [1.165, 1.54) is 12.8 Å². The first-order valence-corrected chi connectivity index (χ1v) is 6.26. The zero-order chi connectivity index (χ0) is 12.7. The molecule has 1 fully saturated rings. The normalized spacial score (nSPS) is 25.9. The highest BCUT2D eigenvalue weighted by atomic mass is 16.3. The van der Waals surface area contributed by atoms with Crippen LogP contribution in [-0.2, 0) is 4.79 Å². The number of nitrogens with one attached hydrogen (secondary N) is 1. The summed E-state index contributed by atoms with van der Waals surface area (Å²) in [5.74, 6) is 2.87. The summed E-state index contributed by atoms with van der Waals surface area (Å²) >= 11 is 0. The van der Waals surface area contributed by atoms with Crippen LogP contribution in [0.25, 0.3) is 0 Å². The van der Waals surface area contributed by atoms with Gasteiger partial charge in [0.25, 0.3) is 0 Å². The molecular weight excluding hydrogens is 216 g/mol. The number of hydrogen-bond acceptors (Lipinski definition) is 3. The molecule has 0 spiro atoms. The largest absolute Gasteiger partial charge is 0.396 e. The maximum absolute atomic E-state index is 11.6. The second-order valence-corrected chi connectivity index (χ2v) is 4.75. The molecule has 1 amide bonds. The summed E-state index contributed by atoms with van der Waals surface area (Å²) in [4.78, 5) is 11.6. The number of carbonyl (C=O) groups is 1. The van der Waals surface area contributed by atoms with E-state index in [4.69, 9.17) is 12.2 Å². The van der Waals surface area contributed by atoms with Gasteiger partial charge in [0.1, 0.15) is 0 Å². The van der Waals surface area contributed by atoms with Crippen LogP contribution in [0, 0.1) is 24.2 Å². The molecule has 0 saturated heterocycles. The van der Waals surface area contributed by atoms with Crippen LogP contribution in [0.1, 0.15) is 32.1 Å². The minimum atomic E-state index is -0.615. The van der Waals surface area contributed by atoms with E-state index in [-0.39, 0.29) is 18.9 Å². The summed E-state index contributed by atoms with van der Waals surface area (Å²) in [6.07, 6.45) is 9.83. The van der Waals surface area contributed by atoms with Crippen molar-refractivity contribution in [1.82, 2.24) is 5.32 Å². The first kappa shape index (κ1) is 14.0. The maximum Gasteiger partial charge on any atom is 0.237 e. The predicted molar refractivity (Wildman–Crippen MR) is 67.0 cm³/mol. The molecule has 0 aromatic heterocycles. The zero-order valence-corrected chi connectivity index (χ0v) is 10.2. The Morgan fingerprint density at radius 3 is 2.71 bits per heavy atom. The van der Waals surface area contributed by atoms with E-state index in [0.717, 1.165) is 12.8 Å². The molecule has 3 atom stereocenters. The molecule has 0 aromatic rings. The average molecular weight is 238 g/mol. The lowest BCUT2D eigenvalue weighted by atomic mass is 9.79. The highest BCUT2D eigenvalue weighted by Gasteiger charge is 2.25. The second kappa shape index (κ2) is 7.31. The molecule has 0 radical (unpaired) electrons. The van der Waals surface area contributed by atoms with Crippen LogP contribution in [0.3, 0.4) is 0 Å². The van der Waals surface area contributed by atoms with Crippen molar-refractivity contribution in [2.75, 3.05) is 13.2 Å². The zero-order valence-electron chi connectivity index (χ0n) is 10.2. The van der Waals surface area contributed by atoms with Crippen LogP contribution in [0.4, 0.5) is 0 Å². The summed E-state index contributed by atoms with van der Waals surface area (Å²) in [7, 11) is 0. The summed E-state index contributed by atoms with van der Waals surface area (Å²) in [5, 5.41) is 12.1. The average Bonchev–Trinajstić information content (AvgIpc) is 2.36. The van der Waals surface area contributed by atoms with E-state index in [9.17, 15) is 9.90 Å². The Kier molecular flexibility index (Phi) is 6.03.